The van der Waals surface area contributed by atoms with E-state index in [0.717, 1.165) is 27.8 Å². The van der Waals surface area contributed by atoms with Gasteiger partial charge in [-0.2, -0.15) is 0 Å². The predicted octanol–water partition coefficient (Wildman–Crippen LogP) is 4.55. The Labute approximate surface area is 198 Å². The van der Waals surface area contributed by atoms with Crippen molar-refractivity contribution in [2.75, 3.05) is 18.4 Å². The van der Waals surface area contributed by atoms with Crippen molar-refractivity contribution in [1.29, 1.82) is 0 Å². The highest BCUT2D eigenvalue weighted by atomic mass is 16.5. The average molecular weight is 454 g/mol. The van der Waals surface area contributed by atoms with Gasteiger partial charge in [-0.1, -0.05) is 24.3 Å². The average Bonchev–Trinajstić information content (AvgIpc) is 2.87. The van der Waals surface area contributed by atoms with Gasteiger partial charge in [0.1, 0.15) is 5.82 Å². The Hall–Kier alpha value is -3.84. The molecule has 2 aromatic carbocycles. The van der Waals surface area contributed by atoms with Gasteiger partial charge in [0, 0.05) is 48.5 Å². The second-order valence-electron chi connectivity index (χ2n) is 8.67. The molecular formula is C27H27N5O2. The molecule has 0 saturated carbocycles. The van der Waals surface area contributed by atoms with Crippen molar-refractivity contribution in [3.8, 4) is 11.4 Å². The molecule has 5 rings (SSSR count). The molecule has 1 aliphatic rings. The van der Waals surface area contributed by atoms with Gasteiger partial charge in [0.2, 0.25) is 0 Å². The highest BCUT2D eigenvalue weighted by Crippen LogP contribution is 2.25. The minimum Gasteiger partial charge on any atom is -0.372 e. The summed E-state index contributed by atoms with van der Waals surface area (Å²) in [5.74, 6) is 1.47. The number of nitrogens with zero attached hydrogens (tertiary/aromatic N) is 4. The van der Waals surface area contributed by atoms with E-state index in [0.29, 0.717) is 31.0 Å². The molecule has 1 saturated heterocycles. The fourth-order valence-electron chi connectivity index (χ4n) is 4.32. The maximum absolute atomic E-state index is 12.9. The number of carbonyl (C=O) groups excluding carboxylic acids is 1. The second kappa shape index (κ2) is 9.57. The van der Waals surface area contributed by atoms with E-state index in [1.54, 1.807) is 12.4 Å². The minimum atomic E-state index is 0.0466. The molecule has 1 amide bonds. The topological polar surface area (TPSA) is 80.2 Å². The number of carbonyl (C=O) groups is 1. The molecule has 0 aliphatic carbocycles. The number of rotatable bonds is 5. The van der Waals surface area contributed by atoms with Crippen LogP contribution in [-0.2, 0) is 11.3 Å². The Morgan fingerprint density at radius 1 is 0.971 bits per heavy atom. The third-order valence-electron chi connectivity index (χ3n) is 5.91. The Balaban J connectivity index is 1.33. The number of nitrogens with one attached hydrogen (secondary N) is 1. The zero-order valence-electron chi connectivity index (χ0n) is 19.3. The number of amides is 1. The highest BCUT2D eigenvalue weighted by Gasteiger charge is 2.26. The smallest absolute Gasteiger partial charge is 0.254 e. The molecule has 0 radical (unpaired) electrons. The van der Waals surface area contributed by atoms with Crippen LogP contribution in [0.4, 0.5) is 5.82 Å². The number of aromatic nitrogens is 3. The molecular weight excluding hydrogens is 426 g/mol. The van der Waals surface area contributed by atoms with Crippen molar-refractivity contribution in [3.63, 3.8) is 0 Å². The summed E-state index contributed by atoms with van der Waals surface area (Å²) in [4.78, 5) is 28.4. The minimum absolute atomic E-state index is 0.0466. The van der Waals surface area contributed by atoms with Gasteiger partial charge in [0.15, 0.2) is 5.82 Å². The zero-order chi connectivity index (χ0) is 23.5. The van der Waals surface area contributed by atoms with E-state index in [-0.39, 0.29) is 18.1 Å². The van der Waals surface area contributed by atoms with Crippen molar-refractivity contribution < 1.29 is 9.53 Å². The summed E-state index contributed by atoms with van der Waals surface area (Å²) in [6, 6.07) is 19.5. The van der Waals surface area contributed by atoms with Crippen LogP contribution < -0.4 is 5.32 Å². The van der Waals surface area contributed by atoms with Crippen LogP contribution in [-0.4, -0.2) is 51.1 Å². The lowest BCUT2D eigenvalue weighted by molar-refractivity contribution is -0.0586. The first-order valence-electron chi connectivity index (χ1n) is 11.5. The molecule has 2 aromatic heterocycles. The van der Waals surface area contributed by atoms with Gasteiger partial charge in [-0.15, -0.1) is 0 Å². The van der Waals surface area contributed by atoms with Gasteiger partial charge in [0.25, 0.3) is 5.91 Å². The van der Waals surface area contributed by atoms with Crippen LogP contribution in [0.3, 0.4) is 0 Å². The normalized spacial score (nSPS) is 18.1. The second-order valence-corrected chi connectivity index (χ2v) is 8.67. The number of hydrogen-bond acceptors (Lipinski definition) is 6. The van der Waals surface area contributed by atoms with Crippen LogP contribution in [0.2, 0.25) is 0 Å². The summed E-state index contributed by atoms with van der Waals surface area (Å²) in [7, 11) is 0. The van der Waals surface area contributed by atoms with Gasteiger partial charge >= 0.3 is 0 Å². The summed E-state index contributed by atoms with van der Waals surface area (Å²) >= 11 is 0. The monoisotopic (exact) mass is 453 g/mol. The molecule has 172 valence electrons. The molecule has 1 N–H and O–H groups in total. The maximum atomic E-state index is 12.9. The quantitative estimate of drug-likeness (QED) is 0.477. The highest BCUT2D eigenvalue weighted by molar-refractivity contribution is 5.94. The summed E-state index contributed by atoms with van der Waals surface area (Å²) in [6.45, 7) is 5.82. The Morgan fingerprint density at radius 3 is 2.41 bits per heavy atom. The van der Waals surface area contributed by atoms with Crippen LogP contribution >= 0.6 is 0 Å². The van der Waals surface area contributed by atoms with Crippen LogP contribution in [0.15, 0.2) is 73.1 Å². The van der Waals surface area contributed by atoms with Gasteiger partial charge < -0.3 is 15.0 Å². The molecule has 2 unspecified atom stereocenters. The predicted molar refractivity (Wildman–Crippen MR) is 132 cm³/mol. The van der Waals surface area contributed by atoms with Crippen LogP contribution in [0, 0.1) is 0 Å². The van der Waals surface area contributed by atoms with E-state index in [1.807, 2.05) is 79.4 Å². The van der Waals surface area contributed by atoms with Gasteiger partial charge in [-0.25, -0.2) is 9.97 Å². The number of hydrogen-bond donors (Lipinski definition) is 1. The lowest BCUT2D eigenvalue weighted by Crippen LogP contribution is -2.48. The summed E-state index contributed by atoms with van der Waals surface area (Å²) < 4.78 is 5.75. The zero-order valence-corrected chi connectivity index (χ0v) is 19.3. The number of ether oxygens (including phenoxy) is 1. The lowest BCUT2D eigenvalue weighted by atomic mass is 10.1. The van der Waals surface area contributed by atoms with Gasteiger partial charge in [-0.05, 0) is 55.8 Å². The van der Waals surface area contributed by atoms with Crippen molar-refractivity contribution in [3.05, 3.63) is 84.2 Å². The van der Waals surface area contributed by atoms with Crippen molar-refractivity contribution >= 4 is 22.6 Å². The third-order valence-corrected chi connectivity index (χ3v) is 5.91. The van der Waals surface area contributed by atoms with Gasteiger partial charge in [0.05, 0.1) is 17.7 Å². The van der Waals surface area contributed by atoms with E-state index in [2.05, 4.69) is 10.3 Å². The fourth-order valence-corrected chi connectivity index (χ4v) is 4.32. The molecule has 2 atom stereocenters. The molecule has 1 fully saturated rings. The molecule has 34 heavy (non-hydrogen) atoms. The molecule has 1 aliphatic heterocycles. The number of para-hydroxylation sites is 1. The van der Waals surface area contributed by atoms with E-state index < -0.39 is 0 Å². The van der Waals surface area contributed by atoms with E-state index in [4.69, 9.17) is 14.7 Å². The fraction of sp³-hybridized carbons (Fsp3) is 0.259. The van der Waals surface area contributed by atoms with Crippen LogP contribution in [0.25, 0.3) is 22.3 Å². The van der Waals surface area contributed by atoms with Crippen molar-refractivity contribution in [2.24, 2.45) is 0 Å². The Kier molecular flexibility index (Phi) is 6.18. The van der Waals surface area contributed by atoms with Crippen molar-refractivity contribution in [2.45, 2.75) is 32.6 Å². The first-order chi connectivity index (χ1) is 16.6. The van der Waals surface area contributed by atoms with E-state index in [9.17, 15) is 4.79 Å². The maximum Gasteiger partial charge on any atom is 0.254 e. The largest absolute Gasteiger partial charge is 0.372 e. The lowest BCUT2D eigenvalue weighted by Gasteiger charge is -2.35. The SMILES string of the molecule is CC1CN(C(=O)c2ccc(CNc3nc(-c4ccncc4)nc4ccccc34)cc2)CC(C)O1. The third kappa shape index (κ3) is 4.75. The standard InChI is InChI=1S/C27H27N5O2/c1-18-16-32(17-19(2)34-18)27(33)22-9-7-20(8-10-22)15-29-26-23-5-3-4-6-24(23)30-25(31-26)21-11-13-28-14-12-21/h3-14,18-19H,15-17H2,1-2H3,(H,29,30,31). The summed E-state index contributed by atoms with van der Waals surface area (Å²) in [5, 5.41) is 4.42. The molecule has 7 heteroatoms. The van der Waals surface area contributed by atoms with E-state index in [1.165, 1.54) is 0 Å². The van der Waals surface area contributed by atoms with E-state index >= 15 is 0 Å². The summed E-state index contributed by atoms with van der Waals surface area (Å²) in [6.07, 6.45) is 3.58. The molecule has 0 spiro atoms. The van der Waals surface area contributed by atoms with Crippen LogP contribution in [0.1, 0.15) is 29.8 Å². The molecule has 0 bridgehead atoms. The first kappa shape index (κ1) is 22.0. The summed E-state index contributed by atoms with van der Waals surface area (Å²) in [5.41, 5.74) is 3.55. The van der Waals surface area contributed by atoms with Crippen LogP contribution in [0.5, 0.6) is 0 Å². The number of fused-ring (bicyclic) bond motifs is 1. The Morgan fingerprint density at radius 2 is 1.68 bits per heavy atom. The first-order valence-corrected chi connectivity index (χ1v) is 11.5. The molecule has 4 aromatic rings. The van der Waals surface area contributed by atoms with Gasteiger partial charge in [-0.3, -0.25) is 9.78 Å². The number of morpholine rings is 1. The van der Waals surface area contributed by atoms with Crippen molar-refractivity contribution in [1.82, 2.24) is 19.9 Å². The molecule has 3 heterocycles. The number of benzene rings is 2. The number of pyridine rings is 1. The Bertz CT molecular complexity index is 1280. The molecule has 7 nitrogen and oxygen atoms in total. The number of anilines is 1.